The minimum Gasteiger partial charge on any atom is -0.394 e. The topological polar surface area (TPSA) is 84.6 Å². The van der Waals surface area contributed by atoms with E-state index in [1.807, 2.05) is 48.5 Å². The molecule has 33 heavy (non-hydrogen) atoms. The van der Waals surface area contributed by atoms with Crippen molar-refractivity contribution in [2.75, 3.05) is 20.7 Å². The van der Waals surface area contributed by atoms with Crippen molar-refractivity contribution in [1.29, 1.82) is 5.26 Å². The molecule has 6 heteroatoms. The normalized spacial score (nSPS) is 22.8. The molecule has 2 aromatic carbocycles. The predicted molar refractivity (Wildman–Crippen MR) is 126 cm³/mol. The molecule has 1 heterocycles. The molecule has 0 unspecified atom stereocenters. The number of amides is 2. The average molecular weight is 446 g/mol. The van der Waals surface area contributed by atoms with Gasteiger partial charge in [0.1, 0.15) is 6.04 Å². The summed E-state index contributed by atoms with van der Waals surface area (Å²) < 4.78 is 0. The van der Waals surface area contributed by atoms with E-state index in [2.05, 4.69) is 6.07 Å². The first-order chi connectivity index (χ1) is 16.0. The molecule has 4 rings (SSSR count). The summed E-state index contributed by atoms with van der Waals surface area (Å²) in [7, 11) is 3.46. The first-order valence-electron chi connectivity index (χ1n) is 11.7. The third-order valence-corrected chi connectivity index (χ3v) is 7.11. The quantitative estimate of drug-likeness (QED) is 0.758. The van der Waals surface area contributed by atoms with Gasteiger partial charge in [0.05, 0.1) is 18.7 Å². The average Bonchev–Trinajstić information content (AvgIpc) is 2.84. The van der Waals surface area contributed by atoms with E-state index < -0.39 is 6.04 Å². The lowest BCUT2D eigenvalue weighted by molar-refractivity contribution is -0.152. The number of aliphatic hydroxyl groups is 1. The molecular weight excluding hydrogens is 414 g/mol. The molecule has 1 N–H and O–H groups in total. The zero-order valence-corrected chi connectivity index (χ0v) is 19.3. The van der Waals surface area contributed by atoms with E-state index >= 15 is 0 Å². The van der Waals surface area contributed by atoms with Crippen LogP contribution in [0.25, 0.3) is 11.1 Å². The minimum absolute atomic E-state index is 0.0191. The number of carbonyl (C=O) groups is 2. The lowest BCUT2D eigenvalue weighted by Crippen LogP contribution is -2.66. The van der Waals surface area contributed by atoms with Gasteiger partial charge in [0.15, 0.2) is 0 Å². The van der Waals surface area contributed by atoms with Gasteiger partial charge in [-0.3, -0.25) is 9.59 Å². The second-order valence-corrected chi connectivity index (χ2v) is 9.33. The molecule has 2 amide bonds. The van der Waals surface area contributed by atoms with Gasteiger partial charge in [-0.15, -0.1) is 0 Å². The highest BCUT2D eigenvalue weighted by Gasteiger charge is 2.52. The van der Waals surface area contributed by atoms with Crippen LogP contribution in [0.1, 0.15) is 53.9 Å². The van der Waals surface area contributed by atoms with Crippen LogP contribution in [-0.2, 0) is 4.79 Å². The van der Waals surface area contributed by atoms with E-state index in [0.717, 1.165) is 42.4 Å². The fourth-order valence-corrected chi connectivity index (χ4v) is 5.23. The van der Waals surface area contributed by atoms with E-state index in [-0.39, 0.29) is 36.3 Å². The summed E-state index contributed by atoms with van der Waals surface area (Å²) in [4.78, 5) is 28.4. The highest BCUT2D eigenvalue weighted by Crippen LogP contribution is 2.43. The zero-order chi connectivity index (χ0) is 23.5. The molecule has 1 saturated carbocycles. The number of nitriles is 1. The van der Waals surface area contributed by atoms with E-state index in [1.165, 1.54) is 6.42 Å². The first kappa shape index (κ1) is 23.0. The van der Waals surface area contributed by atoms with Crippen LogP contribution in [0.2, 0.25) is 0 Å². The fourth-order valence-electron chi connectivity index (χ4n) is 5.23. The van der Waals surface area contributed by atoms with Gasteiger partial charge in [-0.2, -0.15) is 5.26 Å². The van der Waals surface area contributed by atoms with Gasteiger partial charge in [0.25, 0.3) is 5.91 Å². The number of hydrogen-bond donors (Lipinski definition) is 1. The Morgan fingerprint density at radius 2 is 1.58 bits per heavy atom. The van der Waals surface area contributed by atoms with Crippen LogP contribution in [0.3, 0.4) is 0 Å². The molecule has 0 radical (unpaired) electrons. The van der Waals surface area contributed by atoms with Crippen LogP contribution in [0.15, 0.2) is 48.5 Å². The molecule has 1 aliphatic heterocycles. The lowest BCUT2D eigenvalue weighted by Gasteiger charge is -2.52. The summed E-state index contributed by atoms with van der Waals surface area (Å²) in [6.07, 6.45) is 5.03. The summed E-state index contributed by atoms with van der Waals surface area (Å²) in [6.45, 7) is -0.148. The largest absolute Gasteiger partial charge is 0.394 e. The van der Waals surface area contributed by atoms with Crippen molar-refractivity contribution in [2.24, 2.45) is 5.92 Å². The fraction of sp³-hybridized carbons (Fsp3) is 0.444. The van der Waals surface area contributed by atoms with Gasteiger partial charge in [-0.05, 0) is 41.7 Å². The van der Waals surface area contributed by atoms with E-state index in [9.17, 15) is 20.0 Å². The van der Waals surface area contributed by atoms with Crippen LogP contribution in [0.5, 0.6) is 0 Å². The van der Waals surface area contributed by atoms with Gasteiger partial charge in [0.2, 0.25) is 5.91 Å². The number of carbonyl (C=O) groups excluding carboxylic acids is 2. The molecule has 2 aromatic rings. The highest BCUT2D eigenvalue weighted by molar-refractivity contribution is 5.94. The van der Waals surface area contributed by atoms with Gasteiger partial charge >= 0.3 is 0 Å². The molecule has 0 bridgehead atoms. The Kier molecular flexibility index (Phi) is 6.80. The highest BCUT2D eigenvalue weighted by atomic mass is 16.3. The molecule has 172 valence electrons. The Hall–Kier alpha value is -3.17. The van der Waals surface area contributed by atoms with Crippen LogP contribution in [-0.4, -0.2) is 59.5 Å². The SMILES string of the molecule is CN(C)C(=O)c1ccc(-c2ccc([C@@H]3[C@@H](CO)N(C(=O)C4CCCCC4)[C@H]3C#N)cc2)cc1. The molecule has 1 aliphatic carbocycles. The monoisotopic (exact) mass is 445 g/mol. The van der Waals surface area contributed by atoms with Crippen LogP contribution < -0.4 is 0 Å². The van der Waals surface area contributed by atoms with Crippen molar-refractivity contribution in [2.45, 2.75) is 50.1 Å². The number of aliphatic hydroxyl groups excluding tert-OH is 1. The van der Waals surface area contributed by atoms with Gasteiger partial charge in [0, 0.05) is 31.5 Å². The molecule has 0 aromatic heterocycles. The molecular formula is C27H31N3O3. The van der Waals surface area contributed by atoms with E-state index in [1.54, 1.807) is 23.9 Å². The van der Waals surface area contributed by atoms with Crippen LogP contribution in [0, 0.1) is 17.2 Å². The van der Waals surface area contributed by atoms with Crippen molar-refractivity contribution < 1.29 is 14.7 Å². The summed E-state index contributed by atoms with van der Waals surface area (Å²) in [5.41, 5.74) is 3.60. The molecule has 1 saturated heterocycles. The lowest BCUT2D eigenvalue weighted by atomic mass is 9.74. The smallest absolute Gasteiger partial charge is 0.253 e. The second kappa shape index (κ2) is 9.76. The standard InChI is InChI=1S/C27H31N3O3/c1-29(2)26(32)22-14-10-19(11-15-22)18-8-12-20(13-9-18)25-23(16-28)30(24(25)17-31)27(33)21-6-4-3-5-7-21/h8-15,21,23-25,31H,3-7,17H2,1-2H3/t23-,24+,25-/m0/s1. The second-order valence-electron chi connectivity index (χ2n) is 9.33. The number of rotatable bonds is 5. The van der Waals surface area contributed by atoms with Gasteiger partial charge in [-0.1, -0.05) is 55.7 Å². The third-order valence-electron chi connectivity index (χ3n) is 7.11. The van der Waals surface area contributed by atoms with Crippen LogP contribution >= 0.6 is 0 Å². The van der Waals surface area contributed by atoms with Crippen molar-refractivity contribution in [1.82, 2.24) is 9.80 Å². The predicted octanol–water partition coefficient (Wildman–Crippen LogP) is 3.81. The molecule has 2 aliphatic rings. The Bertz CT molecular complexity index is 1030. The maximum Gasteiger partial charge on any atom is 0.253 e. The van der Waals surface area contributed by atoms with Gasteiger partial charge in [-0.25, -0.2) is 0 Å². The molecule has 3 atom stereocenters. The van der Waals surface area contributed by atoms with Crippen molar-refractivity contribution in [3.63, 3.8) is 0 Å². The number of nitrogens with zero attached hydrogens (tertiary/aromatic N) is 3. The first-order valence-corrected chi connectivity index (χ1v) is 11.7. The van der Waals surface area contributed by atoms with Crippen molar-refractivity contribution >= 4 is 11.8 Å². The Labute approximate surface area is 195 Å². The Balaban J connectivity index is 1.50. The maximum atomic E-state index is 13.1. The van der Waals surface area contributed by atoms with E-state index in [4.69, 9.17) is 0 Å². The summed E-state index contributed by atoms with van der Waals surface area (Å²) in [5.74, 6) is -0.219. The number of hydrogen-bond acceptors (Lipinski definition) is 4. The summed E-state index contributed by atoms with van der Waals surface area (Å²) >= 11 is 0. The summed E-state index contributed by atoms with van der Waals surface area (Å²) in [6, 6.07) is 16.9. The van der Waals surface area contributed by atoms with Crippen LogP contribution in [0.4, 0.5) is 0 Å². The summed E-state index contributed by atoms with van der Waals surface area (Å²) in [5, 5.41) is 19.9. The Morgan fingerprint density at radius 3 is 2.09 bits per heavy atom. The maximum absolute atomic E-state index is 13.1. The number of benzene rings is 2. The molecule has 2 fully saturated rings. The Morgan fingerprint density at radius 1 is 1.00 bits per heavy atom. The minimum atomic E-state index is -0.543. The van der Waals surface area contributed by atoms with Gasteiger partial charge < -0.3 is 14.9 Å². The number of likely N-dealkylation sites (tertiary alicyclic amines) is 1. The van der Waals surface area contributed by atoms with Crippen molar-refractivity contribution in [3.05, 3.63) is 59.7 Å². The van der Waals surface area contributed by atoms with Crippen molar-refractivity contribution in [3.8, 4) is 17.2 Å². The molecule has 6 nitrogen and oxygen atoms in total. The zero-order valence-electron chi connectivity index (χ0n) is 19.3. The molecule has 0 spiro atoms. The third kappa shape index (κ3) is 4.38. The van der Waals surface area contributed by atoms with E-state index in [0.29, 0.717) is 5.56 Å².